The molecule has 1 aromatic rings. The number of hydrogen-bond donors (Lipinski definition) is 1. The van der Waals surface area contributed by atoms with Crippen molar-refractivity contribution in [3.63, 3.8) is 0 Å². The van der Waals surface area contributed by atoms with Crippen LogP contribution >= 0.6 is 0 Å². The van der Waals surface area contributed by atoms with Crippen molar-refractivity contribution in [2.24, 2.45) is 5.92 Å². The van der Waals surface area contributed by atoms with Crippen molar-refractivity contribution >= 4 is 17.6 Å². The van der Waals surface area contributed by atoms with E-state index in [0.29, 0.717) is 18.0 Å². The molecular formula is C14H16N2O5. The normalized spacial score (nSPS) is 13.7. The van der Waals surface area contributed by atoms with Gasteiger partial charge in [0.05, 0.1) is 11.3 Å². The maximum atomic E-state index is 12.2. The van der Waals surface area contributed by atoms with Crippen molar-refractivity contribution in [2.75, 3.05) is 13.1 Å². The third-order valence-electron chi connectivity index (χ3n) is 3.38. The fourth-order valence-corrected chi connectivity index (χ4v) is 2.14. The van der Waals surface area contributed by atoms with Crippen LogP contribution in [0.5, 0.6) is 0 Å². The molecular weight excluding hydrogens is 276 g/mol. The van der Waals surface area contributed by atoms with Crippen molar-refractivity contribution in [1.29, 1.82) is 0 Å². The molecule has 1 aromatic carbocycles. The third kappa shape index (κ3) is 4.27. The minimum atomic E-state index is -1.08. The van der Waals surface area contributed by atoms with Gasteiger partial charge in [0.2, 0.25) is 5.91 Å². The predicted octanol–water partition coefficient (Wildman–Crippen LogP) is 1.46. The van der Waals surface area contributed by atoms with E-state index in [0.717, 1.165) is 12.8 Å². The number of nitrogens with zero attached hydrogens (tertiary/aromatic N) is 2. The minimum Gasteiger partial charge on any atom is -0.480 e. The molecule has 112 valence electrons. The number of aliphatic carboxylic acids is 1. The van der Waals surface area contributed by atoms with E-state index in [9.17, 15) is 19.7 Å². The molecule has 1 aliphatic carbocycles. The van der Waals surface area contributed by atoms with Crippen molar-refractivity contribution in [1.82, 2.24) is 4.90 Å². The van der Waals surface area contributed by atoms with Gasteiger partial charge in [-0.25, -0.2) is 0 Å². The second-order valence-electron chi connectivity index (χ2n) is 5.17. The molecule has 0 radical (unpaired) electrons. The Labute approximate surface area is 121 Å². The van der Waals surface area contributed by atoms with Gasteiger partial charge in [0.15, 0.2) is 0 Å². The summed E-state index contributed by atoms with van der Waals surface area (Å²) in [6.07, 6.45) is 1.83. The summed E-state index contributed by atoms with van der Waals surface area (Å²) in [7, 11) is 0. The SMILES string of the molecule is O=C(O)CN(CC1CC1)C(=O)Cc1ccccc1[N+](=O)[O-]. The maximum absolute atomic E-state index is 12.2. The molecule has 0 saturated heterocycles. The van der Waals surface area contributed by atoms with Gasteiger partial charge in [-0.3, -0.25) is 19.7 Å². The smallest absolute Gasteiger partial charge is 0.323 e. The first-order valence-corrected chi connectivity index (χ1v) is 6.69. The number of nitro groups is 1. The molecule has 0 unspecified atom stereocenters. The average Bonchev–Trinajstić information content (AvgIpc) is 3.21. The van der Waals surface area contributed by atoms with Gasteiger partial charge in [0.25, 0.3) is 5.69 Å². The fourth-order valence-electron chi connectivity index (χ4n) is 2.14. The average molecular weight is 292 g/mol. The van der Waals surface area contributed by atoms with Crippen LogP contribution in [0, 0.1) is 16.0 Å². The van der Waals surface area contributed by atoms with Gasteiger partial charge in [-0.15, -0.1) is 0 Å². The van der Waals surface area contributed by atoms with Gasteiger partial charge >= 0.3 is 5.97 Å². The van der Waals surface area contributed by atoms with Crippen LogP contribution in [0.25, 0.3) is 0 Å². The van der Waals surface area contributed by atoms with E-state index in [1.807, 2.05) is 0 Å². The van der Waals surface area contributed by atoms with Gasteiger partial charge in [-0.1, -0.05) is 18.2 Å². The molecule has 0 spiro atoms. The van der Waals surface area contributed by atoms with Crippen molar-refractivity contribution in [2.45, 2.75) is 19.3 Å². The molecule has 0 aromatic heterocycles. The Kier molecular flexibility index (Phi) is 4.52. The molecule has 0 atom stereocenters. The Bertz CT molecular complexity index is 568. The number of benzene rings is 1. The van der Waals surface area contributed by atoms with Crippen LogP contribution < -0.4 is 0 Å². The molecule has 1 aliphatic rings. The number of rotatable bonds is 7. The van der Waals surface area contributed by atoms with E-state index >= 15 is 0 Å². The van der Waals surface area contributed by atoms with Crippen LogP contribution in [0.3, 0.4) is 0 Å². The lowest BCUT2D eigenvalue weighted by atomic mass is 10.1. The van der Waals surface area contributed by atoms with E-state index in [2.05, 4.69) is 0 Å². The van der Waals surface area contributed by atoms with Crippen molar-refractivity contribution in [3.05, 3.63) is 39.9 Å². The lowest BCUT2D eigenvalue weighted by Gasteiger charge is -2.20. The summed E-state index contributed by atoms with van der Waals surface area (Å²) >= 11 is 0. The first-order chi connectivity index (χ1) is 9.97. The summed E-state index contributed by atoms with van der Waals surface area (Å²) in [4.78, 5) is 34.7. The number of amides is 1. The topological polar surface area (TPSA) is 101 Å². The number of hydrogen-bond acceptors (Lipinski definition) is 4. The summed E-state index contributed by atoms with van der Waals surface area (Å²) < 4.78 is 0. The monoisotopic (exact) mass is 292 g/mol. The van der Waals surface area contributed by atoms with Crippen molar-refractivity contribution < 1.29 is 19.6 Å². The molecule has 2 rings (SSSR count). The molecule has 1 saturated carbocycles. The summed E-state index contributed by atoms with van der Waals surface area (Å²) in [6.45, 7) is 0.0434. The number of para-hydroxylation sites is 1. The fraction of sp³-hybridized carbons (Fsp3) is 0.429. The lowest BCUT2D eigenvalue weighted by molar-refractivity contribution is -0.385. The zero-order valence-electron chi connectivity index (χ0n) is 11.4. The van der Waals surface area contributed by atoms with Gasteiger partial charge < -0.3 is 10.0 Å². The zero-order valence-corrected chi connectivity index (χ0v) is 11.4. The summed E-state index contributed by atoms with van der Waals surface area (Å²) in [5.74, 6) is -1.11. The van der Waals surface area contributed by atoms with Gasteiger partial charge in [0.1, 0.15) is 6.54 Å². The highest BCUT2D eigenvalue weighted by atomic mass is 16.6. The van der Waals surface area contributed by atoms with Gasteiger partial charge in [-0.2, -0.15) is 0 Å². The number of carboxylic acids is 1. The second-order valence-corrected chi connectivity index (χ2v) is 5.17. The highest BCUT2D eigenvalue weighted by Crippen LogP contribution is 2.30. The van der Waals surface area contributed by atoms with Crippen LogP contribution in [0.15, 0.2) is 24.3 Å². The zero-order chi connectivity index (χ0) is 15.4. The largest absolute Gasteiger partial charge is 0.480 e. The summed E-state index contributed by atoms with van der Waals surface area (Å²) in [5, 5.41) is 19.8. The Balaban J connectivity index is 2.10. The maximum Gasteiger partial charge on any atom is 0.323 e. The standard InChI is InChI=1S/C14H16N2O5/c17-13(15(9-14(18)19)8-10-5-6-10)7-11-3-1-2-4-12(11)16(20)21/h1-4,10H,5-9H2,(H,18,19). The molecule has 1 N–H and O–H groups in total. The lowest BCUT2D eigenvalue weighted by Crippen LogP contribution is -2.38. The van der Waals surface area contributed by atoms with Crippen LogP contribution in [0.1, 0.15) is 18.4 Å². The third-order valence-corrected chi connectivity index (χ3v) is 3.38. The van der Waals surface area contributed by atoms with Crippen LogP contribution in [-0.2, 0) is 16.0 Å². The van der Waals surface area contributed by atoms with Crippen LogP contribution in [0.4, 0.5) is 5.69 Å². The Morgan fingerprint density at radius 2 is 2.00 bits per heavy atom. The number of carboxylic acid groups (broad SMARTS) is 1. The molecule has 21 heavy (non-hydrogen) atoms. The number of carbonyl (C=O) groups is 2. The quantitative estimate of drug-likeness (QED) is 0.605. The van der Waals surface area contributed by atoms with E-state index in [-0.39, 0.29) is 18.7 Å². The highest BCUT2D eigenvalue weighted by Gasteiger charge is 2.28. The number of nitro benzene ring substituents is 1. The molecule has 1 amide bonds. The van der Waals surface area contributed by atoms with E-state index in [4.69, 9.17) is 5.11 Å². The van der Waals surface area contributed by atoms with E-state index in [1.165, 1.54) is 23.1 Å². The van der Waals surface area contributed by atoms with Crippen LogP contribution in [0.2, 0.25) is 0 Å². The molecule has 0 heterocycles. The van der Waals surface area contributed by atoms with Crippen LogP contribution in [-0.4, -0.2) is 39.9 Å². The highest BCUT2D eigenvalue weighted by molar-refractivity contribution is 5.83. The summed E-state index contributed by atoms with van der Waals surface area (Å²) in [6, 6.07) is 6.01. The molecule has 0 bridgehead atoms. The Morgan fingerprint density at radius 1 is 1.33 bits per heavy atom. The Morgan fingerprint density at radius 3 is 2.57 bits per heavy atom. The molecule has 0 aliphatic heterocycles. The predicted molar refractivity (Wildman–Crippen MR) is 73.7 cm³/mol. The number of carbonyl (C=O) groups excluding carboxylic acids is 1. The molecule has 7 heteroatoms. The first-order valence-electron chi connectivity index (χ1n) is 6.69. The molecule has 1 fully saturated rings. The van der Waals surface area contributed by atoms with Gasteiger partial charge in [0, 0.05) is 18.2 Å². The second kappa shape index (κ2) is 6.34. The van der Waals surface area contributed by atoms with Gasteiger partial charge in [-0.05, 0) is 18.8 Å². The summed E-state index contributed by atoms with van der Waals surface area (Å²) in [5.41, 5.74) is 0.186. The minimum absolute atomic E-state index is 0.118. The Hall–Kier alpha value is -2.44. The first kappa shape index (κ1) is 15.0. The van der Waals surface area contributed by atoms with E-state index < -0.39 is 16.8 Å². The van der Waals surface area contributed by atoms with Crippen molar-refractivity contribution in [3.8, 4) is 0 Å². The van der Waals surface area contributed by atoms with E-state index in [1.54, 1.807) is 6.07 Å². The molecule has 7 nitrogen and oxygen atoms in total.